The fourth-order valence-corrected chi connectivity index (χ4v) is 1.23. The summed E-state index contributed by atoms with van der Waals surface area (Å²) in [7, 11) is 0. The van der Waals surface area contributed by atoms with Crippen molar-refractivity contribution >= 4 is 11.9 Å². The Labute approximate surface area is 92.6 Å². The van der Waals surface area contributed by atoms with Gasteiger partial charge in [-0.3, -0.25) is 9.59 Å². The summed E-state index contributed by atoms with van der Waals surface area (Å²) in [6, 6.07) is 1.42. The van der Waals surface area contributed by atoms with Crippen LogP contribution in [0.1, 0.15) is 24.4 Å². The molecular weight excluding hydrogens is 212 g/mol. The van der Waals surface area contributed by atoms with Crippen molar-refractivity contribution < 1.29 is 19.2 Å². The van der Waals surface area contributed by atoms with Crippen LogP contribution in [0.25, 0.3) is 0 Å². The van der Waals surface area contributed by atoms with Gasteiger partial charge in [0.15, 0.2) is 0 Å². The lowest BCUT2D eigenvalue weighted by molar-refractivity contribution is -0.142. The number of aromatic nitrogens is 1. The first-order valence-electron chi connectivity index (χ1n) is 4.94. The second-order valence-corrected chi connectivity index (χ2v) is 3.78. The molecule has 6 heteroatoms. The lowest BCUT2D eigenvalue weighted by atomic mass is 9.96. The van der Waals surface area contributed by atoms with Crippen LogP contribution in [0.15, 0.2) is 16.8 Å². The normalized spacial score (nSPS) is 12.4. The van der Waals surface area contributed by atoms with Gasteiger partial charge < -0.3 is 14.9 Å². The van der Waals surface area contributed by atoms with E-state index in [1.54, 1.807) is 13.8 Å². The van der Waals surface area contributed by atoms with Crippen LogP contribution >= 0.6 is 0 Å². The fraction of sp³-hybridized carbons (Fsp3) is 0.500. The van der Waals surface area contributed by atoms with Gasteiger partial charge in [-0.25, -0.2) is 0 Å². The molecule has 0 bridgehead atoms. The first kappa shape index (κ1) is 12.2. The number of carboxylic acids is 1. The molecule has 88 valence electrons. The fourth-order valence-electron chi connectivity index (χ4n) is 1.23. The SMILES string of the molecule is CC(C)C(CNC(=O)c1ccno1)C(=O)O. The van der Waals surface area contributed by atoms with Crippen molar-refractivity contribution in [3.8, 4) is 0 Å². The lowest BCUT2D eigenvalue weighted by Gasteiger charge is -2.15. The number of carbonyl (C=O) groups is 2. The predicted molar refractivity (Wildman–Crippen MR) is 54.8 cm³/mol. The van der Waals surface area contributed by atoms with Gasteiger partial charge >= 0.3 is 5.97 Å². The Balaban J connectivity index is 2.50. The average molecular weight is 226 g/mol. The smallest absolute Gasteiger partial charge is 0.308 e. The molecule has 2 N–H and O–H groups in total. The number of amides is 1. The molecule has 0 spiro atoms. The standard InChI is InChI=1S/C10H14N2O4/c1-6(2)7(10(14)15)5-11-9(13)8-3-4-12-16-8/h3-4,6-7H,5H2,1-2H3,(H,11,13)(H,14,15). The minimum Gasteiger partial charge on any atom is -0.481 e. The number of nitrogens with zero attached hydrogens (tertiary/aromatic N) is 1. The number of carboxylic acid groups (broad SMARTS) is 1. The Kier molecular flexibility index (Phi) is 4.04. The van der Waals surface area contributed by atoms with E-state index in [0.717, 1.165) is 0 Å². The molecule has 0 aliphatic heterocycles. The number of carbonyl (C=O) groups excluding carboxylic acids is 1. The summed E-state index contributed by atoms with van der Waals surface area (Å²) in [6.07, 6.45) is 1.35. The van der Waals surface area contributed by atoms with Gasteiger partial charge in [-0.15, -0.1) is 0 Å². The second kappa shape index (κ2) is 5.29. The van der Waals surface area contributed by atoms with E-state index in [-0.39, 0.29) is 18.2 Å². The van der Waals surface area contributed by atoms with E-state index in [2.05, 4.69) is 15.0 Å². The number of hydrogen-bond donors (Lipinski definition) is 2. The molecule has 1 rings (SSSR count). The lowest BCUT2D eigenvalue weighted by Crippen LogP contribution is -2.35. The van der Waals surface area contributed by atoms with Crippen molar-refractivity contribution in [2.45, 2.75) is 13.8 Å². The summed E-state index contributed by atoms with van der Waals surface area (Å²) in [5.74, 6) is -1.95. The monoisotopic (exact) mass is 226 g/mol. The van der Waals surface area contributed by atoms with Gasteiger partial charge in [0, 0.05) is 12.6 Å². The molecule has 0 aromatic carbocycles. The molecule has 0 radical (unpaired) electrons. The molecule has 1 aromatic rings. The maximum Gasteiger partial charge on any atom is 0.308 e. The van der Waals surface area contributed by atoms with Crippen LogP contribution in [-0.4, -0.2) is 28.7 Å². The van der Waals surface area contributed by atoms with Gasteiger partial charge in [0.25, 0.3) is 5.91 Å². The molecule has 1 amide bonds. The van der Waals surface area contributed by atoms with Crippen molar-refractivity contribution in [3.05, 3.63) is 18.0 Å². The third-order valence-electron chi connectivity index (χ3n) is 2.27. The second-order valence-electron chi connectivity index (χ2n) is 3.78. The molecule has 1 unspecified atom stereocenters. The zero-order valence-electron chi connectivity index (χ0n) is 9.14. The predicted octanol–water partition coefficient (Wildman–Crippen LogP) is 0.761. The maximum absolute atomic E-state index is 11.4. The van der Waals surface area contributed by atoms with Gasteiger partial charge in [-0.1, -0.05) is 19.0 Å². The maximum atomic E-state index is 11.4. The van der Waals surface area contributed by atoms with E-state index < -0.39 is 17.8 Å². The summed E-state index contributed by atoms with van der Waals surface area (Å²) in [5, 5.41) is 14.8. The quantitative estimate of drug-likeness (QED) is 0.773. The van der Waals surface area contributed by atoms with Crippen molar-refractivity contribution in [1.29, 1.82) is 0 Å². The summed E-state index contributed by atoms with van der Waals surface area (Å²) < 4.78 is 4.64. The van der Waals surface area contributed by atoms with E-state index >= 15 is 0 Å². The Bertz CT molecular complexity index is 359. The highest BCUT2D eigenvalue weighted by Crippen LogP contribution is 2.10. The molecule has 0 saturated heterocycles. The zero-order chi connectivity index (χ0) is 12.1. The Hall–Kier alpha value is -1.85. The molecule has 0 aliphatic rings. The van der Waals surface area contributed by atoms with E-state index in [1.807, 2.05) is 0 Å². The van der Waals surface area contributed by atoms with Crippen LogP contribution in [0.3, 0.4) is 0 Å². The third kappa shape index (κ3) is 3.08. The number of rotatable bonds is 5. The Morgan fingerprint density at radius 3 is 2.69 bits per heavy atom. The highest BCUT2D eigenvalue weighted by atomic mass is 16.5. The largest absolute Gasteiger partial charge is 0.481 e. The van der Waals surface area contributed by atoms with Crippen molar-refractivity contribution in [3.63, 3.8) is 0 Å². The molecular formula is C10H14N2O4. The van der Waals surface area contributed by atoms with Crippen molar-refractivity contribution in [2.24, 2.45) is 11.8 Å². The van der Waals surface area contributed by atoms with Gasteiger partial charge in [0.1, 0.15) is 0 Å². The average Bonchev–Trinajstić information content (AvgIpc) is 2.69. The summed E-state index contributed by atoms with van der Waals surface area (Å²) in [5.41, 5.74) is 0. The first-order valence-corrected chi connectivity index (χ1v) is 4.94. The van der Waals surface area contributed by atoms with Gasteiger partial charge in [-0.2, -0.15) is 0 Å². The molecule has 1 aromatic heterocycles. The number of aliphatic carboxylic acids is 1. The van der Waals surface area contributed by atoms with Crippen molar-refractivity contribution in [1.82, 2.24) is 10.5 Å². The molecule has 6 nitrogen and oxygen atoms in total. The van der Waals surface area contributed by atoms with Crippen LogP contribution in [0.2, 0.25) is 0 Å². The number of hydrogen-bond acceptors (Lipinski definition) is 4. The van der Waals surface area contributed by atoms with Crippen LogP contribution in [0.4, 0.5) is 0 Å². The number of nitrogens with one attached hydrogen (secondary N) is 1. The zero-order valence-corrected chi connectivity index (χ0v) is 9.14. The third-order valence-corrected chi connectivity index (χ3v) is 2.27. The van der Waals surface area contributed by atoms with E-state index in [9.17, 15) is 9.59 Å². The molecule has 0 fully saturated rings. The van der Waals surface area contributed by atoms with Gasteiger partial charge in [-0.05, 0) is 5.92 Å². The van der Waals surface area contributed by atoms with E-state index in [4.69, 9.17) is 5.11 Å². The Morgan fingerprint density at radius 1 is 1.56 bits per heavy atom. The van der Waals surface area contributed by atoms with Crippen molar-refractivity contribution in [2.75, 3.05) is 6.54 Å². The van der Waals surface area contributed by atoms with Crippen LogP contribution in [0.5, 0.6) is 0 Å². The molecule has 1 atom stereocenters. The minimum absolute atomic E-state index is 0.0486. The summed E-state index contributed by atoms with van der Waals surface area (Å²) in [4.78, 5) is 22.3. The molecule has 1 heterocycles. The molecule has 0 saturated carbocycles. The Morgan fingerprint density at radius 2 is 2.25 bits per heavy atom. The van der Waals surface area contributed by atoms with E-state index in [0.29, 0.717) is 0 Å². The van der Waals surface area contributed by atoms with E-state index in [1.165, 1.54) is 12.3 Å². The first-order chi connectivity index (χ1) is 7.52. The summed E-state index contributed by atoms with van der Waals surface area (Å²) >= 11 is 0. The van der Waals surface area contributed by atoms with Crippen LogP contribution in [0, 0.1) is 11.8 Å². The van der Waals surface area contributed by atoms with Crippen LogP contribution < -0.4 is 5.32 Å². The molecule has 16 heavy (non-hydrogen) atoms. The van der Waals surface area contributed by atoms with Gasteiger partial charge in [0.2, 0.25) is 5.76 Å². The highest BCUT2D eigenvalue weighted by molar-refractivity contribution is 5.91. The van der Waals surface area contributed by atoms with Gasteiger partial charge in [0.05, 0.1) is 12.1 Å². The van der Waals surface area contributed by atoms with Crippen LogP contribution in [-0.2, 0) is 4.79 Å². The molecule has 0 aliphatic carbocycles. The highest BCUT2D eigenvalue weighted by Gasteiger charge is 2.22. The summed E-state index contributed by atoms with van der Waals surface area (Å²) in [6.45, 7) is 3.66. The minimum atomic E-state index is -0.923. The topological polar surface area (TPSA) is 92.4 Å².